The first-order valence-electron chi connectivity index (χ1n) is 9.03. The molecule has 2 aromatic carbocycles. The van der Waals surface area contributed by atoms with Gasteiger partial charge in [-0.15, -0.1) is 0 Å². The van der Waals surface area contributed by atoms with E-state index in [-0.39, 0.29) is 24.1 Å². The Morgan fingerprint density at radius 2 is 1.76 bits per heavy atom. The number of benzene rings is 2. The van der Waals surface area contributed by atoms with Gasteiger partial charge in [0.25, 0.3) is 0 Å². The second-order valence-electron chi connectivity index (χ2n) is 6.51. The van der Waals surface area contributed by atoms with Crippen molar-refractivity contribution in [2.45, 2.75) is 26.6 Å². The molecule has 1 N–H and O–H groups in total. The SMILES string of the molecule is COCc1c(C(=O)O[C@H](C)C(=O)c2ccc(NC(C)=O)cc2)oc2ccccc12. The van der Waals surface area contributed by atoms with Crippen LogP contribution in [-0.4, -0.2) is 30.9 Å². The van der Waals surface area contributed by atoms with Crippen LogP contribution in [0.2, 0.25) is 0 Å². The number of nitrogens with one attached hydrogen (secondary N) is 1. The summed E-state index contributed by atoms with van der Waals surface area (Å²) in [7, 11) is 1.52. The third-order valence-electron chi connectivity index (χ3n) is 4.32. The summed E-state index contributed by atoms with van der Waals surface area (Å²) in [6.07, 6.45) is -1.02. The lowest BCUT2D eigenvalue weighted by atomic mass is 10.1. The number of esters is 1. The molecule has 3 rings (SSSR count). The maximum absolute atomic E-state index is 12.7. The van der Waals surface area contributed by atoms with E-state index in [0.29, 0.717) is 22.4 Å². The van der Waals surface area contributed by atoms with Gasteiger partial charge in [-0.05, 0) is 37.3 Å². The number of hydrogen-bond acceptors (Lipinski definition) is 6. The van der Waals surface area contributed by atoms with Crippen LogP contribution in [0, 0.1) is 0 Å². The predicted octanol–water partition coefficient (Wildman–Crippen LogP) is 3.97. The topological polar surface area (TPSA) is 94.8 Å². The highest BCUT2D eigenvalue weighted by Crippen LogP contribution is 2.27. The van der Waals surface area contributed by atoms with Crippen molar-refractivity contribution in [2.75, 3.05) is 12.4 Å². The highest BCUT2D eigenvalue weighted by Gasteiger charge is 2.26. The smallest absolute Gasteiger partial charge is 0.375 e. The highest BCUT2D eigenvalue weighted by atomic mass is 16.6. The normalized spacial score (nSPS) is 11.8. The molecule has 0 aliphatic carbocycles. The number of fused-ring (bicyclic) bond motifs is 1. The Hall–Kier alpha value is -3.45. The van der Waals surface area contributed by atoms with E-state index in [9.17, 15) is 14.4 Å². The quantitative estimate of drug-likeness (QED) is 0.481. The minimum Gasteiger partial charge on any atom is -0.449 e. The summed E-state index contributed by atoms with van der Waals surface area (Å²) in [6, 6.07) is 13.6. The number of carbonyl (C=O) groups excluding carboxylic acids is 3. The molecule has 1 aromatic heterocycles. The molecular weight excluding hydrogens is 374 g/mol. The van der Waals surface area contributed by atoms with Crippen molar-refractivity contribution >= 4 is 34.3 Å². The summed E-state index contributed by atoms with van der Waals surface area (Å²) in [5.74, 6) is -1.28. The summed E-state index contributed by atoms with van der Waals surface area (Å²) in [4.78, 5) is 36.3. The third-order valence-corrected chi connectivity index (χ3v) is 4.32. The van der Waals surface area contributed by atoms with E-state index in [4.69, 9.17) is 13.9 Å². The molecule has 1 heterocycles. The minimum absolute atomic E-state index is 0.0220. The van der Waals surface area contributed by atoms with Crippen LogP contribution in [0.3, 0.4) is 0 Å². The van der Waals surface area contributed by atoms with Crippen molar-refractivity contribution in [3.63, 3.8) is 0 Å². The van der Waals surface area contributed by atoms with E-state index in [1.165, 1.54) is 21.0 Å². The Kier molecular flexibility index (Phi) is 6.09. The lowest BCUT2D eigenvalue weighted by Crippen LogP contribution is -2.24. The molecule has 7 nitrogen and oxygen atoms in total. The lowest BCUT2D eigenvalue weighted by Gasteiger charge is -2.12. The molecule has 0 unspecified atom stereocenters. The van der Waals surface area contributed by atoms with Crippen molar-refractivity contribution in [2.24, 2.45) is 0 Å². The lowest BCUT2D eigenvalue weighted by molar-refractivity contribution is -0.114. The fourth-order valence-electron chi connectivity index (χ4n) is 2.97. The Morgan fingerprint density at radius 3 is 2.41 bits per heavy atom. The van der Waals surface area contributed by atoms with E-state index in [1.807, 2.05) is 12.1 Å². The number of ether oxygens (including phenoxy) is 2. The molecule has 3 aromatic rings. The Balaban J connectivity index is 1.76. The number of amides is 1. The number of anilines is 1. The molecule has 0 radical (unpaired) electrons. The van der Waals surface area contributed by atoms with Crippen LogP contribution in [0.15, 0.2) is 52.9 Å². The van der Waals surface area contributed by atoms with E-state index in [1.54, 1.807) is 36.4 Å². The Bertz CT molecular complexity index is 1050. The standard InChI is InChI=1S/C22H21NO6/c1-13(20(25)15-8-10-16(11-9-15)23-14(2)24)28-22(26)21-18(12-27-3)17-6-4-5-7-19(17)29-21/h4-11,13H,12H2,1-3H3,(H,23,24)/t13-/m1/s1. The number of rotatable bonds is 7. The molecule has 150 valence electrons. The molecule has 0 bridgehead atoms. The van der Waals surface area contributed by atoms with Crippen molar-refractivity contribution in [3.05, 3.63) is 65.4 Å². The number of carbonyl (C=O) groups is 3. The average Bonchev–Trinajstić information content (AvgIpc) is 3.07. The molecule has 29 heavy (non-hydrogen) atoms. The number of para-hydroxylation sites is 1. The zero-order valence-corrected chi connectivity index (χ0v) is 16.4. The van der Waals surface area contributed by atoms with Gasteiger partial charge in [-0.3, -0.25) is 9.59 Å². The van der Waals surface area contributed by atoms with Crippen LogP contribution in [0.25, 0.3) is 11.0 Å². The van der Waals surface area contributed by atoms with E-state index in [2.05, 4.69) is 5.32 Å². The van der Waals surface area contributed by atoms with Gasteiger partial charge in [-0.1, -0.05) is 18.2 Å². The maximum atomic E-state index is 12.7. The molecule has 1 atom stereocenters. The molecule has 7 heteroatoms. The molecule has 0 aliphatic rings. The van der Waals surface area contributed by atoms with Crippen LogP contribution < -0.4 is 5.32 Å². The summed E-state index contributed by atoms with van der Waals surface area (Å²) in [6.45, 7) is 3.07. The van der Waals surface area contributed by atoms with Gasteiger partial charge in [-0.25, -0.2) is 4.79 Å². The minimum atomic E-state index is -1.02. The zero-order chi connectivity index (χ0) is 21.0. The van der Waals surface area contributed by atoms with Crippen LogP contribution >= 0.6 is 0 Å². The van der Waals surface area contributed by atoms with Crippen molar-refractivity contribution in [1.82, 2.24) is 0 Å². The van der Waals surface area contributed by atoms with Gasteiger partial charge in [0.05, 0.1) is 6.61 Å². The molecule has 0 aliphatic heterocycles. The van der Waals surface area contributed by atoms with Crippen molar-refractivity contribution in [1.29, 1.82) is 0 Å². The van der Waals surface area contributed by atoms with Crippen LogP contribution in [0.5, 0.6) is 0 Å². The van der Waals surface area contributed by atoms with E-state index in [0.717, 1.165) is 5.39 Å². The summed E-state index contributed by atoms with van der Waals surface area (Å²) in [5, 5.41) is 3.38. The fourth-order valence-corrected chi connectivity index (χ4v) is 2.97. The average molecular weight is 395 g/mol. The second kappa shape index (κ2) is 8.70. The zero-order valence-electron chi connectivity index (χ0n) is 16.4. The summed E-state index contributed by atoms with van der Waals surface area (Å²) < 4.78 is 16.2. The number of hydrogen-bond donors (Lipinski definition) is 1. The second-order valence-corrected chi connectivity index (χ2v) is 6.51. The fraction of sp³-hybridized carbons (Fsp3) is 0.227. The van der Waals surface area contributed by atoms with Gasteiger partial charge in [0.15, 0.2) is 6.10 Å². The maximum Gasteiger partial charge on any atom is 0.375 e. The predicted molar refractivity (Wildman–Crippen MR) is 107 cm³/mol. The van der Waals surface area contributed by atoms with Crippen LogP contribution in [0.4, 0.5) is 5.69 Å². The van der Waals surface area contributed by atoms with Crippen LogP contribution in [0.1, 0.15) is 40.3 Å². The van der Waals surface area contributed by atoms with Gasteiger partial charge in [-0.2, -0.15) is 0 Å². The molecule has 0 saturated heterocycles. The van der Waals surface area contributed by atoms with Crippen molar-refractivity contribution < 1.29 is 28.3 Å². The van der Waals surface area contributed by atoms with Gasteiger partial charge in [0.1, 0.15) is 5.58 Å². The summed E-state index contributed by atoms with van der Waals surface area (Å²) in [5.41, 5.74) is 2.05. The van der Waals surface area contributed by atoms with E-state index < -0.39 is 12.1 Å². The number of methoxy groups -OCH3 is 1. The number of furan rings is 1. The first-order chi connectivity index (χ1) is 13.9. The van der Waals surface area contributed by atoms with Crippen molar-refractivity contribution in [3.8, 4) is 0 Å². The summed E-state index contributed by atoms with van der Waals surface area (Å²) >= 11 is 0. The Morgan fingerprint density at radius 1 is 1.07 bits per heavy atom. The first kappa shape index (κ1) is 20.3. The highest BCUT2D eigenvalue weighted by molar-refractivity contribution is 6.02. The van der Waals surface area contributed by atoms with Gasteiger partial charge >= 0.3 is 5.97 Å². The number of Topliss-reactive ketones (excluding diaryl/α,β-unsaturated/α-hetero) is 1. The first-order valence-corrected chi connectivity index (χ1v) is 9.03. The largest absolute Gasteiger partial charge is 0.449 e. The van der Waals surface area contributed by atoms with E-state index >= 15 is 0 Å². The van der Waals surface area contributed by atoms with Gasteiger partial charge < -0.3 is 19.2 Å². The van der Waals surface area contributed by atoms with Crippen LogP contribution in [-0.2, 0) is 20.9 Å². The Labute approximate surface area is 167 Å². The molecular formula is C22H21NO6. The molecule has 0 saturated carbocycles. The molecule has 0 spiro atoms. The third kappa shape index (κ3) is 4.52. The molecule has 1 amide bonds. The monoisotopic (exact) mass is 395 g/mol. The molecule has 0 fully saturated rings. The van der Waals surface area contributed by atoms with Gasteiger partial charge in [0.2, 0.25) is 17.5 Å². The number of ketones is 1. The van der Waals surface area contributed by atoms with Gasteiger partial charge in [0, 0.05) is 36.2 Å².